The molecule has 0 saturated carbocycles. The van der Waals surface area contributed by atoms with Crippen molar-refractivity contribution >= 4 is 17.9 Å². The maximum absolute atomic E-state index is 12.8. The summed E-state index contributed by atoms with van der Waals surface area (Å²) in [6, 6.07) is 0. The van der Waals surface area contributed by atoms with E-state index >= 15 is 0 Å². The van der Waals surface area contributed by atoms with E-state index in [1.165, 1.54) is 64.2 Å². The molecule has 0 amide bonds. The third-order valence-corrected chi connectivity index (χ3v) is 11.7. The molecule has 0 bridgehead atoms. The number of carbonyl (C=O) groups excluding carboxylic acids is 3. The molecule has 0 aliphatic carbocycles. The van der Waals surface area contributed by atoms with Gasteiger partial charge in [-0.3, -0.25) is 14.4 Å². The Morgan fingerprint density at radius 2 is 0.563 bits per heavy atom. The molecule has 0 aromatic rings. The zero-order chi connectivity index (χ0) is 51.4. The molecule has 0 saturated heterocycles. The van der Waals surface area contributed by atoms with Gasteiger partial charge in [-0.1, -0.05) is 244 Å². The molecule has 0 aliphatic rings. The number of carbonyl (C=O) groups is 3. The normalized spacial score (nSPS) is 13.1. The van der Waals surface area contributed by atoms with E-state index in [4.69, 9.17) is 14.2 Å². The molecule has 6 heteroatoms. The molecule has 1 unspecified atom stereocenters. The van der Waals surface area contributed by atoms with E-state index < -0.39 is 6.10 Å². The van der Waals surface area contributed by atoms with Crippen molar-refractivity contribution in [2.24, 2.45) is 0 Å². The average molecular weight is 982 g/mol. The van der Waals surface area contributed by atoms with Crippen LogP contribution in [0.3, 0.4) is 0 Å². The molecule has 400 valence electrons. The van der Waals surface area contributed by atoms with Crippen molar-refractivity contribution < 1.29 is 28.6 Å². The van der Waals surface area contributed by atoms with Crippen molar-refractivity contribution in [2.45, 2.75) is 245 Å². The molecule has 0 rings (SSSR count). The third-order valence-electron chi connectivity index (χ3n) is 11.7. The minimum absolute atomic E-state index is 0.106. The minimum atomic E-state index is -0.810. The van der Waals surface area contributed by atoms with Crippen molar-refractivity contribution in [1.29, 1.82) is 0 Å². The number of rotatable bonds is 50. The lowest BCUT2D eigenvalue weighted by atomic mass is 10.0. The standard InChI is InChI=1S/C65H104O6/c1-4-7-10-13-15-17-19-21-23-25-27-29-31-32-34-35-37-39-41-43-45-47-49-52-55-58-64(67)70-61-62(60-69-63(66)57-54-51-12-9-6-3)71-65(68)59-56-53-50-48-46-44-42-40-38-36-33-30-28-26-24-22-20-18-16-14-11-8-5-2/h7-8,10-11,15-18,21-24,27-30,36,38,42,44,48,50,62H,4-6,9,12-14,19-20,25-26,31-35,37,39-41,43,45-47,49,51-61H2,1-3H3/b10-7-,11-8-,17-15-,18-16-,23-21-,24-22-,29-27-,30-28-,38-36-,44-42-,50-48-. The van der Waals surface area contributed by atoms with Crippen molar-refractivity contribution in [3.8, 4) is 0 Å². The topological polar surface area (TPSA) is 78.9 Å². The van der Waals surface area contributed by atoms with Gasteiger partial charge in [-0.25, -0.2) is 0 Å². The van der Waals surface area contributed by atoms with Gasteiger partial charge < -0.3 is 14.2 Å². The Balaban J connectivity index is 4.21. The van der Waals surface area contributed by atoms with Crippen LogP contribution < -0.4 is 0 Å². The van der Waals surface area contributed by atoms with E-state index in [-0.39, 0.29) is 37.5 Å². The summed E-state index contributed by atoms with van der Waals surface area (Å²) in [5, 5.41) is 0. The maximum atomic E-state index is 12.8. The number of allylic oxidation sites excluding steroid dienone is 22. The summed E-state index contributed by atoms with van der Waals surface area (Å²) in [5.74, 6) is -0.987. The second-order valence-corrected chi connectivity index (χ2v) is 18.4. The fourth-order valence-corrected chi connectivity index (χ4v) is 7.42. The summed E-state index contributed by atoms with van der Waals surface area (Å²) < 4.78 is 16.7. The van der Waals surface area contributed by atoms with E-state index in [0.29, 0.717) is 19.3 Å². The predicted molar refractivity (Wildman–Crippen MR) is 306 cm³/mol. The van der Waals surface area contributed by atoms with Crippen LogP contribution >= 0.6 is 0 Å². The van der Waals surface area contributed by atoms with Crippen molar-refractivity contribution in [1.82, 2.24) is 0 Å². The highest BCUT2D eigenvalue weighted by Crippen LogP contribution is 2.14. The quantitative estimate of drug-likeness (QED) is 0.0262. The molecule has 0 fully saturated rings. The van der Waals surface area contributed by atoms with E-state index in [1.807, 2.05) is 0 Å². The third kappa shape index (κ3) is 56.3. The van der Waals surface area contributed by atoms with Gasteiger partial charge in [0.2, 0.25) is 0 Å². The van der Waals surface area contributed by atoms with Gasteiger partial charge >= 0.3 is 17.9 Å². The maximum Gasteiger partial charge on any atom is 0.306 e. The van der Waals surface area contributed by atoms with Crippen LogP contribution in [0.2, 0.25) is 0 Å². The molecule has 0 aliphatic heterocycles. The van der Waals surface area contributed by atoms with E-state index in [2.05, 4.69) is 154 Å². The zero-order valence-electron chi connectivity index (χ0n) is 45.7. The first-order valence-corrected chi connectivity index (χ1v) is 28.7. The fourth-order valence-electron chi connectivity index (χ4n) is 7.42. The van der Waals surface area contributed by atoms with Crippen LogP contribution in [0.5, 0.6) is 0 Å². The smallest absolute Gasteiger partial charge is 0.306 e. The largest absolute Gasteiger partial charge is 0.462 e. The van der Waals surface area contributed by atoms with Crippen LogP contribution in [0.1, 0.15) is 239 Å². The second kappa shape index (κ2) is 58.1. The number of esters is 3. The van der Waals surface area contributed by atoms with Crippen LogP contribution in [0.25, 0.3) is 0 Å². The van der Waals surface area contributed by atoms with Crippen molar-refractivity contribution in [3.05, 3.63) is 134 Å². The number of hydrogen-bond acceptors (Lipinski definition) is 6. The van der Waals surface area contributed by atoms with Crippen molar-refractivity contribution in [2.75, 3.05) is 13.2 Å². The van der Waals surface area contributed by atoms with Gasteiger partial charge in [-0.2, -0.15) is 0 Å². The summed E-state index contributed by atoms with van der Waals surface area (Å²) >= 11 is 0. The predicted octanol–water partition coefficient (Wildman–Crippen LogP) is 19.4. The summed E-state index contributed by atoms with van der Waals surface area (Å²) in [6.45, 7) is 6.27. The molecule has 0 heterocycles. The zero-order valence-corrected chi connectivity index (χ0v) is 45.7. The number of ether oxygens (including phenoxy) is 3. The van der Waals surface area contributed by atoms with Gasteiger partial charge in [0, 0.05) is 19.3 Å². The van der Waals surface area contributed by atoms with Crippen LogP contribution in [0.15, 0.2) is 134 Å². The average Bonchev–Trinajstić information content (AvgIpc) is 3.37. The fraction of sp³-hybridized carbons (Fsp3) is 0.615. The monoisotopic (exact) mass is 981 g/mol. The highest BCUT2D eigenvalue weighted by Gasteiger charge is 2.19. The minimum Gasteiger partial charge on any atom is -0.462 e. The molecule has 0 spiro atoms. The van der Waals surface area contributed by atoms with Crippen molar-refractivity contribution in [3.63, 3.8) is 0 Å². The highest BCUT2D eigenvalue weighted by molar-refractivity contribution is 5.71. The Hall–Kier alpha value is -4.45. The molecule has 6 nitrogen and oxygen atoms in total. The molecule has 71 heavy (non-hydrogen) atoms. The lowest BCUT2D eigenvalue weighted by Gasteiger charge is -2.18. The Labute approximate surface area is 436 Å². The summed E-state index contributed by atoms with van der Waals surface area (Å²) in [6.07, 6.45) is 82.1. The number of hydrogen-bond donors (Lipinski definition) is 0. The van der Waals surface area contributed by atoms with Crippen LogP contribution in [-0.2, 0) is 28.6 Å². The lowest BCUT2D eigenvalue weighted by Crippen LogP contribution is -2.30. The summed E-state index contributed by atoms with van der Waals surface area (Å²) in [4.78, 5) is 37.8. The first kappa shape index (κ1) is 66.6. The van der Waals surface area contributed by atoms with Gasteiger partial charge in [0.1, 0.15) is 13.2 Å². The Morgan fingerprint density at radius 3 is 0.901 bits per heavy atom. The molecule has 0 aromatic heterocycles. The van der Waals surface area contributed by atoms with E-state index in [1.54, 1.807) is 0 Å². The first-order valence-electron chi connectivity index (χ1n) is 28.7. The summed E-state index contributed by atoms with van der Waals surface area (Å²) in [7, 11) is 0. The Morgan fingerprint density at radius 1 is 0.296 bits per heavy atom. The SMILES string of the molecule is CC/C=C\C/C=C\C/C=C\C/C=C\C/C=C\C/C=C\C/C=C\CCCC(=O)OC(COC(=O)CCCCCCC)COC(=O)CCCCCCCCCCCCCC/C=C\C/C=C\C/C=C\C/C=C\CC. The van der Waals surface area contributed by atoms with Gasteiger partial charge in [-0.15, -0.1) is 0 Å². The van der Waals surface area contributed by atoms with Crippen LogP contribution in [0, 0.1) is 0 Å². The lowest BCUT2D eigenvalue weighted by molar-refractivity contribution is -0.167. The molecule has 0 aromatic carbocycles. The van der Waals surface area contributed by atoms with Crippen LogP contribution in [0.4, 0.5) is 0 Å². The van der Waals surface area contributed by atoms with E-state index in [0.717, 1.165) is 128 Å². The Kier molecular flexibility index (Phi) is 54.5. The van der Waals surface area contributed by atoms with Crippen LogP contribution in [-0.4, -0.2) is 37.2 Å². The number of unbranched alkanes of at least 4 members (excludes halogenated alkanes) is 17. The van der Waals surface area contributed by atoms with Gasteiger partial charge in [-0.05, 0) is 109 Å². The highest BCUT2D eigenvalue weighted by atomic mass is 16.6. The first-order chi connectivity index (χ1) is 35.0. The van der Waals surface area contributed by atoms with Gasteiger partial charge in [0.05, 0.1) is 0 Å². The molecule has 1 atom stereocenters. The van der Waals surface area contributed by atoms with E-state index in [9.17, 15) is 14.4 Å². The molecule has 0 N–H and O–H groups in total. The van der Waals surface area contributed by atoms with Gasteiger partial charge in [0.25, 0.3) is 0 Å². The Bertz CT molecular complexity index is 1550. The molecular formula is C65H104O6. The van der Waals surface area contributed by atoms with Gasteiger partial charge in [0.15, 0.2) is 6.10 Å². The second-order valence-electron chi connectivity index (χ2n) is 18.4. The molecular weight excluding hydrogens is 877 g/mol. The molecule has 0 radical (unpaired) electrons. The summed E-state index contributed by atoms with van der Waals surface area (Å²) in [5.41, 5.74) is 0.